The van der Waals surface area contributed by atoms with Crippen LogP contribution >= 0.6 is 11.6 Å². The van der Waals surface area contributed by atoms with Crippen LogP contribution in [0.25, 0.3) is 11.0 Å². The Morgan fingerprint density at radius 2 is 1.71 bits per heavy atom. The predicted octanol–water partition coefficient (Wildman–Crippen LogP) is 5.83. The largest absolute Gasteiger partial charge is 0.503 e. The molecule has 0 saturated carbocycles. The molecule has 2 amide bonds. The molecule has 0 fully saturated rings. The Hall–Kier alpha value is -4.36. The van der Waals surface area contributed by atoms with Gasteiger partial charge in [-0.05, 0) is 54.1 Å². The number of amides is 2. The van der Waals surface area contributed by atoms with Crippen molar-refractivity contribution in [1.29, 1.82) is 0 Å². The van der Waals surface area contributed by atoms with Gasteiger partial charge in [-0.25, -0.2) is 0 Å². The van der Waals surface area contributed by atoms with Crippen molar-refractivity contribution in [3.8, 4) is 0 Å². The summed E-state index contributed by atoms with van der Waals surface area (Å²) < 4.78 is 5.74. The number of fused-ring (bicyclic) bond motifs is 1. The fourth-order valence-corrected chi connectivity index (χ4v) is 4.40. The highest BCUT2D eigenvalue weighted by atomic mass is 35.5. The Morgan fingerprint density at radius 1 is 1.00 bits per heavy atom. The van der Waals surface area contributed by atoms with Crippen molar-refractivity contribution in [3.05, 3.63) is 107 Å². The number of aliphatic hydroxyl groups is 1. The van der Waals surface area contributed by atoms with Crippen LogP contribution in [0, 0.1) is 0 Å². The summed E-state index contributed by atoms with van der Waals surface area (Å²) in [6, 6.07) is 21.2. The van der Waals surface area contributed by atoms with Gasteiger partial charge in [0.15, 0.2) is 11.5 Å². The number of nitrogens with zero attached hydrogens (tertiary/aromatic N) is 1. The predicted molar refractivity (Wildman–Crippen MR) is 133 cm³/mol. The van der Waals surface area contributed by atoms with Gasteiger partial charge < -0.3 is 14.8 Å². The van der Waals surface area contributed by atoms with Gasteiger partial charge in [0.1, 0.15) is 5.58 Å². The van der Waals surface area contributed by atoms with Gasteiger partial charge in [0.25, 0.3) is 5.91 Å². The maximum atomic E-state index is 13.6. The summed E-state index contributed by atoms with van der Waals surface area (Å²) in [5, 5.41) is 14.7. The average molecular weight is 487 g/mol. The van der Waals surface area contributed by atoms with Gasteiger partial charge in [0, 0.05) is 28.7 Å². The molecule has 3 aromatic carbocycles. The summed E-state index contributed by atoms with van der Waals surface area (Å²) in [7, 11) is 0. The van der Waals surface area contributed by atoms with E-state index in [0.29, 0.717) is 32.9 Å². The first-order valence-corrected chi connectivity index (χ1v) is 11.1. The lowest BCUT2D eigenvalue weighted by atomic mass is 9.95. The molecule has 0 radical (unpaired) electrons. The van der Waals surface area contributed by atoms with Crippen LogP contribution in [-0.4, -0.2) is 22.7 Å². The molecule has 7 nitrogen and oxygen atoms in total. The number of hydrogen-bond acceptors (Lipinski definition) is 5. The molecule has 2 heterocycles. The van der Waals surface area contributed by atoms with Gasteiger partial charge in [0.2, 0.25) is 11.7 Å². The zero-order valence-electron chi connectivity index (χ0n) is 18.5. The fourth-order valence-electron chi connectivity index (χ4n) is 4.22. The van der Waals surface area contributed by atoms with Crippen molar-refractivity contribution in [2.24, 2.45) is 0 Å². The number of anilines is 2. The SMILES string of the molecule is CC(=O)Nc1ccc(N2C(=O)C(O)=C(C(=O)c3cc4cc(Cl)ccc4o3)C2c2ccccc2)cc1. The number of Topliss-reactive ketones (excluding diaryl/α,β-unsaturated/α-hetero) is 1. The van der Waals surface area contributed by atoms with Gasteiger partial charge in [0.05, 0.1) is 11.6 Å². The zero-order valence-corrected chi connectivity index (χ0v) is 19.2. The summed E-state index contributed by atoms with van der Waals surface area (Å²) in [5.41, 5.74) is 2.02. The third-order valence-electron chi connectivity index (χ3n) is 5.74. The number of benzene rings is 3. The van der Waals surface area contributed by atoms with E-state index >= 15 is 0 Å². The normalized spacial score (nSPS) is 15.7. The molecule has 8 heteroatoms. The smallest absolute Gasteiger partial charge is 0.294 e. The van der Waals surface area contributed by atoms with E-state index in [-0.39, 0.29) is 17.2 Å². The Kier molecular flexibility index (Phi) is 5.62. The molecule has 174 valence electrons. The number of hydrogen-bond donors (Lipinski definition) is 2. The standard InChI is InChI=1S/C27H19ClN2O5/c1-15(31)29-19-8-10-20(11-9-19)30-24(16-5-3-2-4-6-16)23(26(33)27(30)34)25(32)22-14-17-13-18(28)7-12-21(17)35-22/h2-14,24,33H,1H3,(H,29,31). The van der Waals surface area contributed by atoms with Crippen LogP contribution in [0.3, 0.4) is 0 Å². The third kappa shape index (κ3) is 4.06. The number of carbonyl (C=O) groups is 3. The minimum atomic E-state index is -0.889. The first kappa shape index (κ1) is 22.4. The molecular formula is C27H19ClN2O5. The maximum absolute atomic E-state index is 13.6. The Labute approximate surface area is 205 Å². The second-order valence-electron chi connectivity index (χ2n) is 8.10. The Bertz CT molecular complexity index is 1510. The summed E-state index contributed by atoms with van der Waals surface area (Å²) in [6.45, 7) is 1.40. The summed E-state index contributed by atoms with van der Waals surface area (Å²) >= 11 is 6.06. The van der Waals surface area contributed by atoms with Gasteiger partial charge in [-0.15, -0.1) is 0 Å². The lowest BCUT2D eigenvalue weighted by molar-refractivity contribution is -0.117. The van der Waals surface area contributed by atoms with Crippen molar-refractivity contribution in [2.45, 2.75) is 13.0 Å². The molecule has 4 aromatic rings. The van der Waals surface area contributed by atoms with Crippen LogP contribution in [-0.2, 0) is 9.59 Å². The zero-order chi connectivity index (χ0) is 24.7. The first-order valence-electron chi connectivity index (χ1n) is 10.8. The number of rotatable bonds is 5. The van der Waals surface area contributed by atoms with Crippen molar-refractivity contribution < 1.29 is 23.9 Å². The number of carbonyl (C=O) groups excluding carboxylic acids is 3. The minimum absolute atomic E-state index is 0.0135. The second kappa shape index (κ2) is 8.77. The van der Waals surface area contributed by atoms with Crippen molar-refractivity contribution in [2.75, 3.05) is 10.2 Å². The molecule has 0 saturated heterocycles. The highest BCUT2D eigenvalue weighted by molar-refractivity contribution is 6.31. The molecule has 1 aliphatic heterocycles. The lowest BCUT2D eigenvalue weighted by Crippen LogP contribution is -2.31. The molecule has 1 atom stereocenters. The summed E-state index contributed by atoms with van der Waals surface area (Å²) in [6.07, 6.45) is 0. The van der Waals surface area contributed by atoms with Crippen LogP contribution in [0.5, 0.6) is 0 Å². The van der Waals surface area contributed by atoms with Gasteiger partial charge in [-0.1, -0.05) is 41.9 Å². The number of ketones is 1. The second-order valence-corrected chi connectivity index (χ2v) is 8.54. The van der Waals surface area contributed by atoms with Crippen LogP contribution < -0.4 is 10.2 Å². The highest BCUT2D eigenvalue weighted by Gasteiger charge is 2.45. The summed E-state index contributed by atoms with van der Waals surface area (Å²) in [4.78, 5) is 39.6. The van der Waals surface area contributed by atoms with Crippen molar-refractivity contribution in [3.63, 3.8) is 0 Å². The van der Waals surface area contributed by atoms with E-state index in [0.717, 1.165) is 0 Å². The molecular weight excluding hydrogens is 468 g/mol. The number of aliphatic hydroxyl groups excluding tert-OH is 1. The van der Waals surface area contributed by atoms with Gasteiger partial charge >= 0.3 is 0 Å². The van der Waals surface area contributed by atoms with E-state index in [1.54, 1.807) is 72.8 Å². The molecule has 0 bridgehead atoms. The molecule has 5 rings (SSSR count). The molecule has 0 spiro atoms. The van der Waals surface area contributed by atoms with Crippen molar-refractivity contribution in [1.82, 2.24) is 0 Å². The Balaban J connectivity index is 1.59. The molecule has 0 aliphatic carbocycles. The minimum Gasteiger partial charge on any atom is -0.503 e. The number of furan rings is 1. The average Bonchev–Trinajstić information content (AvgIpc) is 3.38. The molecule has 2 N–H and O–H groups in total. The fraction of sp³-hybridized carbons (Fsp3) is 0.0741. The number of halogens is 1. The molecule has 1 aliphatic rings. The third-order valence-corrected chi connectivity index (χ3v) is 5.97. The van der Waals surface area contributed by atoms with Crippen LogP contribution in [0.15, 0.2) is 94.6 Å². The van der Waals surface area contributed by atoms with Crippen molar-refractivity contribution >= 4 is 51.5 Å². The maximum Gasteiger partial charge on any atom is 0.294 e. The monoisotopic (exact) mass is 486 g/mol. The highest BCUT2D eigenvalue weighted by Crippen LogP contribution is 2.42. The quantitative estimate of drug-likeness (QED) is 0.346. The van der Waals surface area contributed by atoms with Gasteiger partial charge in [-0.3, -0.25) is 19.3 Å². The van der Waals surface area contributed by atoms with Crippen LogP contribution in [0.1, 0.15) is 29.1 Å². The van der Waals surface area contributed by atoms with E-state index < -0.39 is 23.5 Å². The summed E-state index contributed by atoms with van der Waals surface area (Å²) in [5.74, 6) is -2.20. The van der Waals surface area contributed by atoms with Crippen LogP contribution in [0.4, 0.5) is 11.4 Å². The first-order chi connectivity index (χ1) is 16.8. The van der Waals surface area contributed by atoms with E-state index in [2.05, 4.69) is 5.32 Å². The molecule has 1 aromatic heterocycles. The van der Waals surface area contributed by atoms with Crippen LogP contribution in [0.2, 0.25) is 5.02 Å². The molecule has 1 unspecified atom stereocenters. The number of nitrogens with one attached hydrogen (secondary N) is 1. The van der Waals surface area contributed by atoms with E-state index in [4.69, 9.17) is 16.0 Å². The van der Waals surface area contributed by atoms with E-state index in [9.17, 15) is 19.5 Å². The van der Waals surface area contributed by atoms with E-state index in [1.807, 2.05) is 6.07 Å². The van der Waals surface area contributed by atoms with Gasteiger partial charge in [-0.2, -0.15) is 0 Å². The van der Waals surface area contributed by atoms with E-state index in [1.165, 1.54) is 11.8 Å². The lowest BCUT2D eigenvalue weighted by Gasteiger charge is -2.27. The topological polar surface area (TPSA) is 99.9 Å². The molecule has 35 heavy (non-hydrogen) atoms. The Morgan fingerprint density at radius 3 is 2.40 bits per heavy atom.